The molecule has 4 rings (SSSR count). The average molecular weight is 439 g/mol. The van der Waals surface area contributed by atoms with E-state index in [9.17, 15) is 23.1 Å². The molecule has 0 amide bonds. The van der Waals surface area contributed by atoms with Crippen molar-refractivity contribution < 1.29 is 23.1 Å². The summed E-state index contributed by atoms with van der Waals surface area (Å²) in [7, 11) is 0. The summed E-state index contributed by atoms with van der Waals surface area (Å²) in [6, 6.07) is 9.80. The molecule has 5 nitrogen and oxygen atoms in total. The summed E-state index contributed by atoms with van der Waals surface area (Å²) in [6.45, 7) is 2.77. The van der Waals surface area contributed by atoms with Crippen molar-refractivity contribution in [3.8, 4) is 22.5 Å². The Bertz CT molecular complexity index is 1300. The molecule has 0 fully saturated rings. The minimum absolute atomic E-state index is 0.0792. The zero-order valence-electron chi connectivity index (χ0n) is 17.2. The number of hydrogen-bond acceptors (Lipinski definition) is 3. The Morgan fingerprint density at radius 1 is 1.09 bits per heavy atom. The fourth-order valence-corrected chi connectivity index (χ4v) is 3.64. The summed E-state index contributed by atoms with van der Waals surface area (Å²) in [4.78, 5) is 20.0. The van der Waals surface area contributed by atoms with Crippen LogP contribution < -0.4 is 0 Å². The molecule has 0 unspecified atom stereocenters. The van der Waals surface area contributed by atoms with Gasteiger partial charge >= 0.3 is 12.1 Å². The van der Waals surface area contributed by atoms with E-state index in [1.807, 2.05) is 10.8 Å². The Hall–Kier alpha value is -3.68. The Kier molecular flexibility index (Phi) is 5.69. The molecule has 1 aromatic carbocycles. The molecular weight excluding hydrogens is 419 g/mol. The van der Waals surface area contributed by atoms with Crippen molar-refractivity contribution in [2.24, 2.45) is 0 Å². The van der Waals surface area contributed by atoms with E-state index in [0.29, 0.717) is 29.1 Å². The zero-order valence-corrected chi connectivity index (χ0v) is 17.2. The van der Waals surface area contributed by atoms with Crippen LogP contribution in [0.2, 0.25) is 0 Å². The summed E-state index contributed by atoms with van der Waals surface area (Å²) >= 11 is 0. The second-order valence-corrected chi connectivity index (χ2v) is 7.49. The highest BCUT2D eigenvalue weighted by atomic mass is 19.4. The number of carbonyl (C=O) groups is 1. The third kappa shape index (κ3) is 4.21. The number of nitrogens with zero attached hydrogens (tertiary/aromatic N) is 3. The molecule has 0 aliphatic heterocycles. The molecule has 0 saturated carbocycles. The first-order valence-corrected chi connectivity index (χ1v) is 10.1. The number of carboxylic acids is 1. The summed E-state index contributed by atoms with van der Waals surface area (Å²) in [6.07, 6.45) is 2.34. The van der Waals surface area contributed by atoms with Crippen molar-refractivity contribution in [3.63, 3.8) is 0 Å². The van der Waals surface area contributed by atoms with E-state index in [0.717, 1.165) is 35.9 Å². The lowest BCUT2D eigenvalue weighted by molar-refractivity contribution is -0.137. The number of fused-ring (bicyclic) bond motifs is 1. The number of benzene rings is 1. The van der Waals surface area contributed by atoms with Gasteiger partial charge in [-0.15, -0.1) is 0 Å². The van der Waals surface area contributed by atoms with E-state index in [1.54, 1.807) is 18.3 Å². The highest BCUT2D eigenvalue weighted by molar-refractivity contribution is 5.97. The second kappa shape index (κ2) is 8.45. The van der Waals surface area contributed by atoms with Crippen LogP contribution in [0.4, 0.5) is 13.2 Å². The normalized spacial score (nSPS) is 11.8. The molecule has 1 N–H and O–H groups in total. The van der Waals surface area contributed by atoms with Gasteiger partial charge in [0.1, 0.15) is 0 Å². The quantitative estimate of drug-likeness (QED) is 0.384. The topological polar surface area (TPSA) is 68.0 Å². The van der Waals surface area contributed by atoms with Crippen LogP contribution in [0.5, 0.6) is 0 Å². The number of alkyl halides is 3. The second-order valence-electron chi connectivity index (χ2n) is 7.49. The lowest BCUT2D eigenvalue weighted by Crippen LogP contribution is -2.04. The zero-order chi connectivity index (χ0) is 22.9. The lowest BCUT2D eigenvalue weighted by atomic mass is 10.0. The molecule has 0 atom stereocenters. The number of aromatic nitrogens is 3. The molecule has 3 heterocycles. The maximum absolute atomic E-state index is 13.3. The van der Waals surface area contributed by atoms with Crippen molar-refractivity contribution in [1.82, 2.24) is 14.5 Å². The number of aryl methyl sites for hydroxylation is 1. The number of pyridine rings is 2. The van der Waals surface area contributed by atoms with Gasteiger partial charge in [0.2, 0.25) is 0 Å². The van der Waals surface area contributed by atoms with Crippen LogP contribution in [0.3, 0.4) is 0 Å². The Morgan fingerprint density at radius 2 is 1.88 bits per heavy atom. The molecule has 0 saturated heterocycles. The van der Waals surface area contributed by atoms with E-state index in [1.165, 1.54) is 24.4 Å². The summed E-state index contributed by atoms with van der Waals surface area (Å²) in [5.74, 6) is -1.08. The van der Waals surface area contributed by atoms with Crippen molar-refractivity contribution >= 4 is 16.9 Å². The maximum Gasteiger partial charge on any atom is 0.416 e. The maximum atomic E-state index is 13.3. The Balaban J connectivity index is 1.89. The van der Waals surface area contributed by atoms with Crippen molar-refractivity contribution in [3.05, 3.63) is 72.2 Å². The van der Waals surface area contributed by atoms with Crippen LogP contribution in [-0.4, -0.2) is 25.6 Å². The number of aromatic carboxylic acids is 1. The van der Waals surface area contributed by atoms with Crippen molar-refractivity contribution in [2.45, 2.75) is 32.5 Å². The molecule has 0 aliphatic rings. The van der Waals surface area contributed by atoms with Crippen molar-refractivity contribution in [1.29, 1.82) is 0 Å². The first-order chi connectivity index (χ1) is 15.3. The van der Waals surface area contributed by atoms with Gasteiger partial charge in [-0.05, 0) is 42.3 Å². The fraction of sp³-hybridized carbons (Fsp3) is 0.208. The third-order valence-electron chi connectivity index (χ3n) is 5.29. The molecule has 0 aliphatic carbocycles. The van der Waals surface area contributed by atoms with Crippen LogP contribution >= 0.6 is 0 Å². The summed E-state index contributed by atoms with van der Waals surface area (Å²) in [5.41, 5.74) is 2.09. The van der Waals surface area contributed by atoms with E-state index in [4.69, 9.17) is 0 Å². The van der Waals surface area contributed by atoms with Gasteiger partial charge in [-0.25, -0.2) is 4.79 Å². The van der Waals surface area contributed by atoms with Crippen LogP contribution in [0.15, 0.2) is 61.1 Å². The minimum atomic E-state index is -4.44. The van der Waals surface area contributed by atoms with Gasteiger partial charge in [0.15, 0.2) is 0 Å². The number of halogens is 3. The average Bonchev–Trinajstić information content (AvgIpc) is 3.15. The molecule has 164 valence electrons. The van der Waals surface area contributed by atoms with E-state index >= 15 is 0 Å². The standard InChI is InChI=1S/C24H20F3N3O2/c1-2-3-9-30-14-19(15-5-4-6-17(10-15)24(25,26)27)18-12-21(29-13-22(18)30)20-11-16(23(31)32)7-8-28-20/h4-8,10-14H,2-3,9H2,1H3,(H,31,32). The summed E-state index contributed by atoms with van der Waals surface area (Å²) < 4.78 is 41.9. The van der Waals surface area contributed by atoms with Gasteiger partial charge in [-0.2, -0.15) is 13.2 Å². The number of unbranched alkanes of at least 4 members (excludes halogenated alkanes) is 1. The van der Waals surface area contributed by atoms with Crippen molar-refractivity contribution in [2.75, 3.05) is 0 Å². The van der Waals surface area contributed by atoms with Crippen LogP contribution in [0.25, 0.3) is 33.4 Å². The van der Waals surface area contributed by atoms with Gasteiger partial charge in [-0.1, -0.05) is 25.5 Å². The first kappa shape index (κ1) is 21.5. The van der Waals surface area contributed by atoms with E-state index < -0.39 is 17.7 Å². The highest BCUT2D eigenvalue weighted by Crippen LogP contribution is 2.36. The van der Waals surface area contributed by atoms with Crippen LogP contribution in [0.1, 0.15) is 35.7 Å². The predicted octanol–water partition coefficient (Wildman–Crippen LogP) is 6.28. The summed E-state index contributed by atoms with van der Waals surface area (Å²) in [5, 5.41) is 9.98. The fourth-order valence-electron chi connectivity index (χ4n) is 3.64. The SMILES string of the molecule is CCCCn1cc(-c2cccc(C(F)(F)F)c2)c2cc(-c3cc(C(=O)O)ccn3)ncc21. The minimum Gasteiger partial charge on any atom is -0.478 e. The molecular formula is C24H20F3N3O2. The van der Waals surface area contributed by atoms with Crippen LogP contribution in [0, 0.1) is 0 Å². The van der Waals surface area contributed by atoms with Crippen LogP contribution in [-0.2, 0) is 12.7 Å². The van der Waals surface area contributed by atoms with Gasteiger partial charge in [-0.3, -0.25) is 9.97 Å². The molecule has 3 aromatic heterocycles. The highest BCUT2D eigenvalue weighted by Gasteiger charge is 2.30. The predicted molar refractivity (Wildman–Crippen MR) is 115 cm³/mol. The largest absolute Gasteiger partial charge is 0.478 e. The monoisotopic (exact) mass is 439 g/mol. The molecule has 32 heavy (non-hydrogen) atoms. The Morgan fingerprint density at radius 3 is 2.59 bits per heavy atom. The smallest absolute Gasteiger partial charge is 0.416 e. The first-order valence-electron chi connectivity index (χ1n) is 10.1. The van der Waals surface area contributed by atoms with Gasteiger partial charge in [0, 0.05) is 29.9 Å². The molecule has 0 bridgehead atoms. The number of carboxylic acid groups (broad SMARTS) is 1. The molecule has 0 radical (unpaired) electrons. The Labute approximate surface area is 182 Å². The molecule has 4 aromatic rings. The van der Waals surface area contributed by atoms with E-state index in [2.05, 4.69) is 16.9 Å². The number of hydrogen-bond donors (Lipinski definition) is 1. The van der Waals surface area contributed by atoms with Gasteiger partial charge < -0.3 is 9.67 Å². The third-order valence-corrected chi connectivity index (χ3v) is 5.29. The molecule has 8 heteroatoms. The van der Waals surface area contributed by atoms with Gasteiger partial charge in [0.25, 0.3) is 0 Å². The number of rotatable bonds is 6. The van der Waals surface area contributed by atoms with Gasteiger partial charge in [0.05, 0.1) is 34.2 Å². The lowest BCUT2D eigenvalue weighted by Gasteiger charge is -2.08. The van der Waals surface area contributed by atoms with E-state index in [-0.39, 0.29) is 5.56 Å². The molecule has 0 spiro atoms.